The normalized spacial score (nSPS) is 17.3. The van der Waals surface area contributed by atoms with Gasteiger partial charge in [-0.05, 0) is 43.7 Å². The van der Waals surface area contributed by atoms with Crippen LogP contribution in [0.5, 0.6) is 0 Å². The predicted molar refractivity (Wildman–Crippen MR) is 69.6 cm³/mol. The SMILES string of the molecule is CCCCNC(Cc1ccccc1)C1CC1. The molecule has 1 fully saturated rings. The fourth-order valence-electron chi connectivity index (χ4n) is 2.24. The van der Waals surface area contributed by atoms with Crippen molar-refractivity contribution in [3.05, 3.63) is 35.9 Å². The first-order valence-corrected chi connectivity index (χ1v) is 6.67. The van der Waals surface area contributed by atoms with Crippen molar-refractivity contribution in [2.45, 2.75) is 45.1 Å². The lowest BCUT2D eigenvalue weighted by Crippen LogP contribution is -2.33. The van der Waals surface area contributed by atoms with E-state index in [9.17, 15) is 0 Å². The summed E-state index contributed by atoms with van der Waals surface area (Å²) >= 11 is 0. The number of hydrogen-bond acceptors (Lipinski definition) is 1. The van der Waals surface area contributed by atoms with E-state index in [0.29, 0.717) is 6.04 Å². The number of unbranched alkanes of at least 4 members (excludes halogenated alkanes) is 1. The maximum Gasteiger partial charge on any atom is 0.0136 e. The van der Waals surface area contributed by atoms with Crippen molar-refractivity contribution in [3.63, 3.8) is 0 Å². The highest BCUT2D eigenvalue weighted by Gasteiger charge is 2.30. The van der Waals surface area contributed by atoms with E-state index in [1.165, 1.54) is 44.2 Å². The molecule has 0 aromatic heterocycles. The van der Waals surface area contributed by atoms with Gasteiger partial charge in [0, 0.05) is 6.04 Å². The summed E-state index contributed by atoms with van der Waals surface area (Å²) in [6.45, 7) is 3.44. The predicted octanol–water partition coefficient (Wildman–Crippen LogP) is 3.40. The van der Waals surface area contributed by atoms with Gasteiger partial charge < -0.3 is 5.32 Å². The van der Waals surface area contributed by atoms with Gasteiger partial charge in [-0.2, -0.15) is 0 Å². The van der Waals surface area contributed by atoms with Gasteiger partial charge in [-0.15, -0.1) is 0 Å². The molecule has 0 saturated heterocycles. The third-order valence-electron chi connectivity index (χ3n) is 3.43. The van der Waals surface area contributed by atoms with Crippen LogP contribution in [-0.4, -0.2) is 12.6 Å². The van der Waals surface area contributed by atoms with Gasteiger partial charge in [-0.1, -0.05) is 43.7 Å². The topological polar surface area (TPSA) is 12.0 Å². The van der Waals surface area contributed by atoms with Crippen LogP contribution in [0.1, 0.15) is 38.2 Å². The first-order chi connectivity index (χ1) is 7.90. The zero-order valence-corrected chi connectivity index (χ0v) is 10.3. The summed E-state index contributed by atoms with van der Waals surface area (Å²) in [7, 11) is 0. The van der Waals surface area contributed by atoms with Gasteiger partial charge in [0.05, 0.1) is 0 Å². The van der Waals surface area contributed by atoms with Crippen LogP contribution >= 0.6 is 0 Å². The molecule has 1 atom stereocenters. The summed E-state index contributed by atoms with van der Waals surface area (Å²) in [6, 6.07) is 11.6. The van der Waals surface area contributed by atoms with E-state index in [4.69, 9.17) is 0 Å². The highest BCUT2D eigenvalue weighted by Crippen LogP contribution is 2.34. The third-order valence-corrected chi connectivity index (χ3v) is 3.43. The second-order valence-electron chi connectivity index (χ2n) is 4.94. The first kappa shape index (κ1) is 11.7. The Balaban J connectivity index is 1.83. The van der Waals surface area contributed by atoms with Crippen molar-refractivity contribution >= 4 is 0 Å². The van der Waals surface area contributed by atoms with E-state index < -0.39 is 0 Å². The monoisotopic (exact) mass is 217 g/mol. The van der Waals surface area contributed by atoms with Crippen LogP contribution in [0.4, 0.5) is 0 Å². The molecular weight excluding hydrogens is 194 g/mol. The summed E-state index contributed by atoms with van der Waals surface area (Å²) in [5.74, 6) is 0.942. The van der Waals surface area contributed by atoms with Crippen molar-refractivity contribution in [1.29, 1.82) is 0 Å². The number of rotatable bonds is 7. The Morgan fingerprint density at radius 1 is 1.25 bits per heavy atom. The Morgan fingerprint density at radius 2 is 2.00 bits per heavy atom. The van der Waals surface area contributed by atoms with Crippen molar-refractivity contribution in [2.75, 3.05) is 6.54 Å². The minimum absolute atomic E-state index is 0.717. The van der Waals surface area contributed by atoms with E-state index >= 15 is 0 Å². The maximum absolute atomic E-state index is 3.73. The summed E-state index contributed by atoms with van der Waals surface area (Å²) in [4.78, 5) is 0. The molecule has 1 heteroatoms. The highest BCUT2D eigenvalue weighted by atomic mass is 14.9. The standard InChI is InChI=1S/C15H23N/c1-2-3-11-16-15(14-9-10-14)12-13-7-5-4-6-8-13/h4-8,14-16H,2-3,9-12H2,1H3. The number of benzene rings is 1. The molecule has 1 nitrogen and oxygen atoms in total. The van der Waals surface area contributed by atoms with Gasteiger partial charge in [0.1, 0.15) is 0 Å². The maximum atomic E-state index is 3.73. The zero-order chi connectivity index (χ0) is 11.2. The van der Waals surface area contributed by atoms with Crippen LogP contribution in [0, 0.1) is 5.92 Å². The van der Waals surface area contributed by atoms with Crippen LogP contribution in [0.2, 0.25) is 0 Å². The Kier molecular flexibility index (Phi) is 4.41. The van der Waals surface area contributed by atoms with Crippen LogP contribution in [-0.2, 0) is 6.42 Å². The van der Waals surface area contributed by atoms with Crippen molar-refractivity contribution in [2.24, 2.45) is 5.92 Å². The second-order valence-corrected chi connectivity index (χ2v) is 4.94. The largest absolute Gasteiger partial charge is 0.313 e. The molecule has 0 bridgehead atoms. The molecule has 16 heavy (non-hydrogen) atoms. The molecular formula is C15H23N. The molecule has 1 unspecified atom stereocenters. The molecule has 1 N–H and O–H groups in total. The van der Waals surface area contributed by atoms with Gasteiger partial charge in [0.25, 0.3) is 0 Å². The highest BCUT2D eigenvalue weighted by molar-refractivity contribution is 5.16. The summed E-state index contributed by atoms with van der Waals surface area (Å²) in [5, 5.41) is 3.73. The van der Waals surface area contributed by atoms with Gasteiger partial charge in [-0.25, -0.2) is 0 Å². The average molecular weight is 217 g/mol. The molecule has 1 aliphatic carbocycles. The summed E-state index contributed by atoms with van der Waals surface area (Å²) < 4.78 is 0. The molecule has 0 amide bonds. The molecule has 1 aromatic carbocycles. The Hall–Kier alpha value is -0.820. The molecule has 1 saturated carbocycles. The lowest BCUT2D eigenvalue weighted by atomic mass is 10.0. The fraction of sp³-hybridized carbons (Fsp3) is 0.600. The Labute approximate surface area is 99.3 Å². The van der Waals surface area contributed by atoms with E-state index in [2.05, 4.69) is 42.6 Å². The molecule has 1 aliphatic rings. The van der Waals surface area contributed by atoms with E-state index in [-0.39, 0.29) is 0 Å². The first-order valence-electron chi connectivity index (χ1n) is 6.67. The molecule has 1 aromatic rings. The van der Waals surface area contributed by atoms with E-state index in [1.54, 1.807) is 0 Å². The number of nitrogens with one attached hydrogen (secondary N) is 1. The average Bonchev–Trinajstić information content (AvgIpc) is 3.13. The van der Waals surface area contributed by atoms with Crippen molar-refractivity contribution < 1.29 is 0 Å². The molecule has 0 aliphatic heterocycles. The van der Waals surface area contributed by atoms with Crippen LogP contribution in [0.25, 0.3) is 0 Å². The minimum atomic E-state index is 0.717. The molecule has 2 rings (SSSR count). The van der Waals surface area contributed by atoms with Crippen LogP contribution < -0.4 is 5.32 Å². The zero-order valence-electron chi connectivity index (χ0n) is 10.3. The quantitative estimate of drug-likeness (QED) is 0.690. The Morgan fingerprint density at radius 3 is 2.62 bits per heavy atom. The smallest absolute Gasteiger partial charge is 0.0136 e. The lowest BCUT2D eigenvalue weighted by molar-refractivity contribution is 0.453. The molecule has 88 valence electrons. The van der Waals surface area contributed by atoms with E-state index in [1.807, 2.05) is 0 Å². The number of hydrogen-bond donors (Lipinski definition) is 1. The van der Waals surface area contributed by atoms with Crippen LogP contribution in [0.3, 0.4) is 0 Å². The van der Waals surface area contributed by atoms with E-state index in [0.717, 1.165) is 5.92 Å². The molecule has 0 heterocycles. The molecule has 0 spiro atoms. The summed E-state index contributed by atoms with van der Waals surface area (Å²) in [5.41, 5.74) is 1.48. The second kappa shape index (κ2) is 6.05. The van der Waals surface area contributed by atoms with Gasteiger partial charge in [0.2, 0.25) is 0 Å². The van der Waals surface area contributed by atoms with Gasteiger partial charge >= 0.3 is 0 Å². The van der Waals surface area contributed by atoms with Crippen LogP contribution in [0.15, 0.2) is 30.3 Å². The molecule has 0 radical (unpaired) electrons. The fourth-order valence-corrected chi connectivity index (χ4v) is 2.24. The van der Waals surface area contributed by atoms with Crippen molar-refractivity contribution in [3.8, 4) is 0 Å². The Bertz CT molecular complexity index is 290. The lowest BCUT2D eigenvalue weighted by Gasteiger charge is -2.18. The summed E-state index contributed by atoms with van der Waals surface area (Å²) in [6.07, 6.45) is 6.65. The third kappa shape index (κ3) is 3.64. The minimum Gasteiger partial charge on any atom is -0.313 e. The van der Waals surface area contributed by atoms with Gasteiger partial charge in [0.15, 0.2) is 0 Å². The van der Waals surface area contributed by atoms with Gasteiger partial charge in [-0.3, -0.25) is 0 Å². The van der Waals surface area contributed by atoms with Crippen molar-refractivity contribution in [1.82, 2.24) is 5.32 Å².